The van der Waals surface area contributed by atoms with Crippen LogP contribution in [-0.4, -0.2) is 15.7 Å². The van der Waals surface area contributed by atoms with Crippen molar-refractivity contribution >= 4 is 20.6 Å². The van der Waals surface area contributed by atoms with E-state index in [0.29, 0.717) is 0 Å². The third-order valence-corrected chi connectivity index (χ3v) is 5.01. The molecule has 0 saturated heterocycles. The third-order valence-electron chi connectivity index (χ3n) is 1.88. The zero-order chi connectivity index (χ0) is 9.94. The molecule has 1 nitrogen and oxygen atoms in total. The van der Waals surface area contributed by atoms with Gasteiger partial charge in [-0.1, -0.05) is 50.3 Å². The third kappa shape index (κ3) is 10.4. The summed E-state index contributed by atoms with van der Waals surface area (Å²) in [7, 11) is 1.03. The Labute approximate surface area is 88.9 Å². The van der Waals surface area contributed by atoms with Crippen LogP contribution in [0.2, 0.25) is 0 Å². The molecule has 0 saturated carbocycles. The molecule has 0 aromatic rings. The summed E-state index contributed by atoms with van der Waals surface area (Å²) in [5.41, 5.74) is 0. The summed E-state index contributed by atoms with van der Waals surface area (Å²) in [5, 5.41) is 0. The monoisotopic (exact) mass is 222 g/mol. The van der Waals surface area contributed by atoms with E-state index in [4.69, 9.17) is 0 Å². The number of unbranched alkanes of at least 4 members (excludes halogenated alkanes) is 4. The molecule has 0 N–H and O–H groups in total. The van der Waals surface area contributed by atoms with Crippen molar-refractivity contribution in [2.45, 2.75) is 52.4 Å². The zero-order valence-corrected chi connectivity index (χ0v) is 10.5. The van der Waals surface area contributed by atoms with E-state index in [-0.39, 0.29) is 0 Å². The lowest BCUT2D eigenvalue weighted by Crippen LogP contribution is -1.93. The summed E-state index contributed by atoms with van der Waals surface area (Å²) in [4.78, 5) is 0. The summed E-state index contributed by atoms with van der Waals surface area (Å²) in [6.07, 6.45) is 7.33. The molecule has 0 spiro atoms. The quantitative estimate of drug-likeness (QED) is 0.436. The second-order valence-electron chi connectivity index (χ2n) is 3.24. The minimum Gasteiger partial charge on any atom is -0.248 e. The summed E-state index contributed by atoms with van der Waals surface area (Å²) < 4.78 is 11.4. The first-order valence-corrected chi connectivity index (χ1v) is 8.15. The van der Waals surface area contributed by atoms with E-state index < -0.39 is 9.83 Å². The largest absolute Gasteiger partial charge is 0.248 e. The highest BCUT2D eigenvalue weighted by Gasteiger charge is 1.99. The Hall–Kier alpha value is 0.500. The van der Waals surface area contributed by atoms with E-state index in [1.807, 2.05) is 0 Å². The number of hydrogen-bond acceptors (Lipinski definition) is 2. The van der Waals surface area contributed by atoms with Gasteiger partial charge in [-0.25, -0.2) is 4.21 Å². The standard InChI is InChI=1S/C10H22OS2/c1-3-5-7-9-12-13(11)10-8-6-4-2/h3-10H2,1-2H3/t13-/m0/s1. The topological polar surface area (TPSA) is 17.1 Å². The fourth-order valence-electron chi connectivity index (χ4n) is 1.03. The smallest absolute Gasteiger partial charge is 0.0803 e. The van der Waals surface area contributed by atoms with Crippen molar-refractivity contribution in [1.82, 2.24) is 0 Å². The highest BCUT2D eigenvalue weighted by Crippen LogP contribution is 2.13. The van der Waals surface area contributed by atoms with Crippen LogP contribution in [0.4, 0.5) is 0 Å². The van der Waals surface area contributed by atoms with Gasteiger partial charge in [-0.3, -0.25) is 0 Å². The van der Waals surface area contributed by atoms with Gasteiger partial charge >= 0.3 is 0 Å². The van der Waals surface area contributed by atoms with E-state index in [1.165, 1.54) is 32.1 Å². The van der Waals surface area contributed by atoms with Crippen LogP contribution in [0.5, 0.6) is 0 Å². The summed E-state index contributed by atoms with van der Waals surface area (Å²) in [5.74, 6) is 1.97. The van der Waals surface area contributed by atoms with Crippen LogP contribution in [0.3, 0.4) is 0 Å². The molecule has 0 aromatic carbocycles. The zero-order valence-electron chi connectivity index (χ0n) is 8.88. The molecular formula is C10H22OS2. The minimum absolute atomic E-state index is 0.608. The van der Waals surface area contributed by atoms with Gasteiger partial charge in [0.2, 0.25) is 0 Å². The van der Waals surface area contributed by atoms with Crippen molar-refractivity contribution in [3.63, 3.8) is 0 Å². The van der Waals surface area contributed by atoms with Gasteiger partial charge in [0.15, 0.2) is 0 Å². The van der Waals surface area contributed by atoms with Crippen LogP contribution in [0.15, 0.2) is 0 Å². The summed E-state index contributed by atoms with van der Waals surface area (Å²) >= 11 is 0. The molecule has 1 atom stereocenters. The molecule has 0 aromatic heterocycles. The molecule has 80 valence electrons. The average Bonchev–Trinajstić information content (AvgIpc) is 2.13. The highest BCUT2D eigenvalue weighted by atomic mass is 33.1. The maximum absolute atomic E-state index is 11.4. The fourth-order valence-corrected chi connectivity index (χ4v) is 3.72. The lowest BCUT2D eigenvalue weighted by Gasteiger charge is -2.00. The SMILES string of the molecule is CCCCCS[S@](=O)CCCCC. The van der Waals surface area contributed by atoms with Gasteiger partial charge in [0, 0.05) is 11.5 Å². The maximum atomic E-state index is 11.4. The van der Waals surface area contributed by atoms with Gasteiger partial charge in [0.25, 0.3) is 0 Å². The first-order chi connectivity index (χ1) is 6.31. The molecule has 13 heavy (non-hydrogen) atoms. The minimum atomic E-state index is -0.608. The van der Waals surface area contributed by atoms with E-state index in [2.05, 4.69) is 13.8 Å². The lowest BCUT2D eigenvalue weighted by atomic mass is 10.3. The predicted octanol–water partition coefficient (Wildman–Crippen LogP) is 3.76. The molecule has 0 heterocycles. The molecule has 0 aliphatic heterocycles. The van der Waals surface area contributed by atoms with Crippen molar-refractivity contribution < 1.29 is 4.21 Å². The molecule has 0 bridgehead atoms. The van der Waals surface area contributed by atoms with Gasteiger partial charge < -0.3 is 0 Å². The van der Waals surface area contributed by atoms with Crippen molar-refractivity contribution in [2.75, 3.05) is 11.5 Å². The van der Waals surface area contributed by atoms with Crippen LogP contribution < -0.4 is 0 Å². The second-order valence-corrected chi connectivity index (χ2v) is 6.73. The molecule has 3 heteroatoms. The molecule has 0 aliphatic carbocycles. The molecule has 0 radical (unpaired) electrons. The molecule has 0 rings (SSSR count). The Morgan fingerprint density at radius 3 is 2.23 bits per heavy atom. The number of rotatable bonds is 9. The van der Waals surface area contributed by atoms with Crippen LogP contribution in [0, 0.1) is 0 Å². The van der Waals surface area contributed by atoms with Gasteiger partial charge in [0.05, 0.1) is 9.83 Å². The number of hydrogen-bond donors (Lipinski definition) is 0. The second kappa shape index (κ2) is 10.6. The van der Waals surface area contributed by atoms with Gasteiger partial charge in [-0.15, -0.1) is 0 Å². The predicted molar refractivity (Wildman–Crippen MR) is 64.5 cm³/mol. The molecule has 0 amide bonds. The van der Waals surface area contributed by atoms with Crippen LogP contribution >= 0.6 is 10.8 Å². The Bertz CT molecular complexity index is 126. The normalized spacial score (nSPS) is 13.1. The van der Waals surface area contributed by atoms with Crippen LogP contribution in [0.1, 0.15) is 52.4 Å². The summed E-state index contributed by atoms with van der Waals surface area (Å²) in [6.45, 7) is 4.38. The van der Waals surface area contributed by atoms with Gasteiger partial charge in [-0.05, 0) is 12.8 Å². The maximum Gasteiger partial charge on any atom is 0.0803 e. The van der Waals surface area contributed by atoms with Crippen LogP contribution in [0.25, 0.3) is 0 Å². The molecule has 0 aliphatic rings. The van der Waals surface area contributed by atoms with Gasteiger partial charge in [0.1, 0.15) is 0 Å². The van der Waals surface area contributed by atoms with E-state index in [9.17, 15) is 4.21 Å². The van der Waals surface area contributed by atoms with Crippen molar-refractivity contribution in [2.24, 2.45) is 0 Å². The van der Waals surface area contributed by atoms with Crippen LogP contribution in [-0.2, 0) is 9.83 Å². The average molecular weight is 222 g/mol. The Kier molecular flexibility index (Phi) is 11.0. The fraction of sp³-hybridized carbons (Fsp3) is 1.00. The summed E-state index contributed by atoms with van der Waals surface area (Å²) in [6, 6.07) is 0. The first kappa shape index (κ1) is 13.5. The van der Waals surface area contributed by atoms with E-state index >= 15 is 0 Å². The Balaban J connectivity index is 3.11. The Morgan fingerprint density at radius 2 is 1.62 bits per heavy atom. The highest BCUT2D eigenvalue weighted by molar-refractivity contribution is 8.69. The molecular weight excluding hydrogens is 200 g/mol. The van der Waals surface area contributed by atoms with E-state index in [0.717, 1.165) is 17.9 Å². The first-order valence-electron chi connectivity index (χ1n) is 5.32. The Morgan fingerprint density at radius 1 is 1.00 bits per heavy atom. The van der Waals surface area contributed by atoms with Crippen molar-refractivity contribution in [1.29, 1.82) is 0 Å². The van der Waals surface area contributed by atoms with Gasteiger partial charge in [-0.2, -0.15) is 0 Å². The molecule has 0 unspecified atom stereocenters. The van der Waals surface area contributed by atoms with E-state index in [1.54, 1.807) is 10.8 Å². The van der Waals surface area contributed by atoms with Crippen molar-refractivity contribution in [3.8, 4) is 0 Å². The van der Waals surface area contributed by atoms with Crippen molar-refractivity contribution in [3.05, 3.63) is 0 Å². The lowest BCUT2D eigenvalue weighted by molar-refractivity contribution is 0.685. The molecule has 0 fully saturated rings.